The number of nitrogens with one attached hydrogen (secondary N) is 1. The van der Waals surface area contributed by atoms with E-state index >= 15 is 0 Å². The van der Waals surface area contributed by atoms with Crippen molar-refractivity contribution >= 4 is 5.88 Å². The fraction of sp³-hybridized carbons (Fsp3) is 0.375. The monoisotopic (exact) mass is 301 g/mol. The zero-order chi connectivity index (χ0) is 15.5. The molecule has 0 saturated carbocycles. The van der Waals surface area contributed by atoms with Gasteiger partial charge < -0.3 is 14.2 Å². The number of benzene rings is 1. The van der Waals surface area contributed by atoms with Crippen LogP contribution in [0.1, 0.15) is 12.6 Å². The van der Waals surface area contributed by atoms with Gasteiger partial charge in [-0.05, 0) is 31.2 Å². The Labute approximate surface area is 128 Å². The van der Waals surface area contributed by atoms with Crippen LogP contribution in [-0.2, 0) is 0 Å². The molecule has 0 amide bonds. The largest absolute Gasteiger partial charge is 0.419 e. The Kier molecular flexibility index (Phi) is 4.07. The lowest BCUT2D eigenvalue weighted by Crippen LogP contribution is -3.14. The molecular formula is C16H18FN4O+. The maximum absolute atomic E-state index is 13.0. The second kappa shape index (κ2) is 6.16. The Balaban J connectivity index is 1.86. The van der Waals surface area contributed by atoms with Gasteiger partial charge in [0.05, 0.1) is 32.7 Å². The van der Waals surface area contributed by atoms with Gasteiger partial charge in [-0.1, -0.05) is 0 Å². The number of oxazole rings is 1. The van der Waals surface area contributed by atoms with Crippen molar-refractivity contribution in [3.63, 3.8) is 0 Å². The summed E-state index contributed by atoms with van der Waals surface area (Å²) >= 11 is 0. The molecule has 22 heavy (non-hydrogen) atoms. The molecule has 1 fully saturated rings. The summed E-state index contributed by atoms with van der Waals surface area (Å²) in [4.78, 5) is 7.86. The van der Waals surface area contributed by atoms with Crippen molar-refractivity contribution in [1.82, 2.24) is 4.98 Å². The molecule has 114 valence electrons. The smallest absolute Gasteiger partial charge is 0.235 e. The Hall–Kier alpha value is -2.39. The van der Waals surface area contributed by atoms with Gasteiger partial charge in [-0.25, -0.2) is 4.39 Å². The summed E-state index contributed by atoms with van der Waals surface area (Å²) in [5.41, 5.74) is 0.959. The van der Waals surface area contributed by atoms with Gasteiger partial charge in [0.1, 0.15) is 11.9 Å². The molecule has 1 N–H and O–H groups in total. The molecule has 1 aliphatic heterocycles. The summed E-state index contributed by atoms with van der Waals surface area (Å²) in [6.07, 6.45) is 0. The average Bonchev–Trinajstić information content (AvgIpc) is 3.00. The first kappa shape index (κ1) is 14.5. The van der Waals surface area contributed by atoms with Crippen molar-refractivity contribution in [2.75, 3.05) is 37.6 Å². The summed E-state index contributed by atoms with van der Waals surface area (Å²) in [6.45, 7) is 7.01. The highest BCUT2D eigenvalue weighted by molar-refractivity contribution is 5.59. The van der Waals surface area contributed by atoms with E-state index < -0.39 is 0 Å². The van der Waals surface area contributed by atoms with Gasteiger partial charge in [0.25, 0.3) is 0 Å². The summed E-state index contributed by atoms with van der Waals surface area (Å²) < 4.78 is 18.8. The molecule has 0 aliphatic carbocycles. The van der Waals surface area contributed by atoms with Crippen LogP contribution in [0.15, 0.2) is 28.7 Å². The number of hydrogen-bond donors (Lipinski definition) is 1. The third-order valence-corrected chi connectivity index (χ3v) is 4.06. The molecule has 1 aromatic heterocycles. The third-order valence-electron chi connectivity index (χ3n) is 4.06. The molecule has 0 bridgehead atoms. The van der Waals surface area contributed by atoms with Crippen LogP contribution >= 0.6 is 0 Å². The van der Waals surface area contributed by atoms with Crippen LogP contribution in [0.2, 0.25) is 0 Å². The molecule has 1 saturated heterocycles. The van der Waals surface area contributed by atoms with E-state index in [0.717, 1.165) is 32.7 Å². The first-order valence-electron chi connectivity index (χ1n) is 7.46. The quantitative estimate of drug-likeness (QED) is 0.921. The Morgan fingerprint density at radius 2 is 2.00 bits per heavy atom. The first-order valence-corrected chi connectivity index (χ1v) is 7.46. The minimum Gasteiger partial charge on any atom is -0.419 e. The van der Waals surface area contributed by atoms with Crippen LogP contribution in [0.25, 0.3) is 11.5 Å². The van der Waals surface area contributed by atoms with E-state index in [1.54, 1.807) is 17.0 Å². The van der Waals surface area contributed by atoms with E-state index in [1.165, 1.54) is 12.1 Å². The highest BCUT2D eigenvalue weighted by atomic mass is 19.1. The summed E-state index contributed by atoms with van der Waals surface area (Å²) in [6, 6.07) is 8.01. The number of rotatable bonds is 3. The number of nitriles is 1. The van der Waals surface area contributed by atoms with Gasteiger partial charge in [-0.15, -0.1) is 0 Å². The van der Waals surface area contributed by atoms with E-state index in [4.69, 9.17) is 4.42 Å². The van der Waals surface area contributed by atoms with Gasteiger partial charge in [0, 0.05) is 5.56 Å². The maximum Gasteiger partial charge on any atom is 0.235 e. The van der Waals surface area contributed by atoms with Crippen LogP contribution in [0.4, 0.5) is 10.3 Å². The molecule has 1 aromatic carbocycles. The first-order chi connectivity index (χ1) is 10.7. The fourth-order valence-corrected chi connectivity index (χ4v) is 2.69. The zero-order valence-corrected chi connectivity index (χ0v) is 12.5. The Morgan fingerprint density at radius 3 is 2.59 bits per heavy atom. The lowest BCUT2D eigenvalue weighted by Gasteiger charge is -2.31. The van der Waals surface area contributed by atoms with Crippen molar-refractivity contribution in [1.29, 1.82) is 5.26 Å². The topological polar surface area (TPSA) is 57.5 Å². The number of hydrogen-bond acceptors (Lipinski definition) is 4. The van der Waals surface area contributed by atoms with E-state index in [9.17, 15) is 9.65 Å². The molecule has 5 nitrogen and oxygen atoms in total. The summed E-state index contributed by atoms with van der Waals surface area (Å²) in [5.74, 6) is 0.573. The van der Waals surface area contributed by atoms with E-state index in [1.807, 2.05) is 0 Å². The molecule has 0 unspecified atom stereocenters. The highest BCUT2D eigenvalue weighted by Crippen LogP contribution is 2.28. The molecule has 0 atom stereocenters. The standard InChI is InChI=1S/C16H17FN4O/c1-2-20-7-9-21(10-8-20)16-14(11-18)19-15(22-16)12-3-5-13(17)6-4-12/h3-6H,2,7-10H2,1H3/p+1. The lowest BCUT2D eigenvalue weighted by atomic mass is 10.2. The minimum absolute atomic E-state index is 0.291. The van der Waals surface area contributed by atoms with Gasteiger partial charge in [-0.2, -0.15) is 10.2 Å². The van der Waals surface area contributed by atoms with E-state index in [2.05, 4.69) is 22.9 Å². The second-order valence-corrected chi connectivity index (χ2v) is 5.38. The van der Waals surface area contributed by atoms with Gasteiger partial charge >= 0.3 is 0 Å². The number of aromatic nitrogens is 1. The lowest BCUT2D eigenvalue weighted by molar-refractivity contribution is -0.898. The van der Waals surface area contributed by atoms with E-state index in [-0.39, 0.29) is 5.82 Å². The number of halogens is 1. The fourth-order valence-electron chi connectivity index (χ4n) is 2.69. The average molecular weight is 301 g/mol. The van der Waals surface area contributed by atoms with Crippen molar-refractivity contribution in [2.24, 2.45) is 0 Å². The highest BCUT2D eigenvalue weighted by Gasteiger charge is 2.25. The van der Waals surface area contributed by atoms with Crippen LogP contribution < -0.4 is 9.80 Å². The Morgan fingerprint density at radius 1 is 1.32 bits per heavy atom. The molecule has 1 aliphatic rings. The predicted octanol–water partition coefficient (Wildman–Crippen LogP) is 1.08. The summed E-state index contributed by atoms with van der Waals surface area (Å²) in [5, 5.41) is 9.29. The van der Waals surface area contributed by atoms with Crippen LogP contribution in [0.3, 0.4) is 0 Å². The number of likely N-dealkylation sites (N-methyl/N-ethyl adjacent to an activating group) is 1. The third kappa shape index (κ3) is 2.81. The van der Waals surface area contributed by atoms with Crippen molar-refractivity contribution in [3.05, 3.63) is 35.8 Å². The summed E-state index contributed by atoms with van der Waals surface area (Å²) in [7, 11) is 0. The molecule has 3 rings (SSSR count). The molecule has 6 heteroatoms. The van der Waals surface area contributed by atoms with Crippen molar-refractivity contribution in [2.45, 2.75) is 6.92 Å². The molecule has 0 spiro atoms. The minimum atomic E-state index is -0.310. The number of quaternary nitrogens is 1. The maximum atomic E-state index is 13.0. The van der Waals surface area contributed by atoms with Crippen molar-refractivity contribution in [3.8, 4) is 17.5 Å². The molecule has 2 aromatic rings. The Bertz CT molecular complexity index is 681. The number of anilines is 1. The van der Waals surface area contributed by atoms with Gasteiger partial charge in [-0.3, -0.25) is 0 Å². The zero-order valence-electron chi connectivity index (χ0n) is 12.5. The van der Waals surface area contributed by atoms with Crippen LogP contribution in [0.5, 0.6) is 0 Å². The normalized spacial score (nSPS) is 15.8. The van der Waals surface area contributed by atoms with Gasteiger partial charge in [0.15, 0.2) is 0 Å². The van der Waals surface area contributed by atoms with E-state index in [0.29, 0.717) is 23.0 Å². The predicted molar refractivity (Wildman–Crippen MR) is 80.1 cm³/mol. The van der Waals surface area contributed by atoms with Crippen molar-refractivity contribution < 1.29 is 13.7 Å². The number of piperazine rings is 1. The molecule has 0 radical (unpaired) electrons. The van der Waals surface area contributed by atoms with Crippen LogP contribution in [-0.4, -0.2) is 37.7 Å². The number of nitrogens with zero attached hydrogens (tertiary/aromatic N) is 3. The second-order valence-electron chi connectivity index (χ2n) is 5.38. The molecule has 2 heterocycles. The van der Waals surface area contributed by atoms with Gasteiger partial charge in [0.2, 0.25) is 17.5 Å². The van der Waals surface area contributed by atoms with Crippen LogP contribution in [0, 0.1) is 17.1 Å². The molecular weight excluding hydrogens is 283 g/mol. The SMILES string of the molecule is CC[NH+]1CCN(c2oc(-c3ccc(F)cc3)nc2C#N)CC1.